The molecule has 7 rings (SSSR count). The lowest BCUT2D eigenvalue weighted by Gasteiger charge is -2.30. The summed E-state index contributed by atoms with van der Waals surface area (Å²) in [6.45, 7) is 4.47. The van der Waals surface area contributed by atoms with Crippen molar-refractivity contribution in [1.82, 2.24) is 10.6 Å². The fraction of sp³-hybridized carbons (Fsp3) is 0.216. The SMILES string of the molecule is COc1ccc(C2Sc3ccccc3N(CC(=O)Nc3cccc(Oc4ccccc4)c3)C(=O)C2NC(=O)[C@H](Cc2ccc(OP(=O)(O)OCc3ccccc3)cc2)NC(=O)OC(C)(C)C)cc1. The number of anilines is 2. The highest BCUT2D eigenvalue weighted by molar-refractivity contribution is 7.99. The zero-order chi connectivity index (χ0) is 48.3. The van der Waals surface area contributed by atoms with Crippen molar-refractivity contribution in [2.24, 2.45) is 0 Å². The summed E-state index contributed by atoms with van der Waals surface area (Å²) in [4.78, 5) is 69.6. The van der Waals surface area contributed by atoms with Gasteiger partial charge in [-0.2, -0.15) is 0 Å². The number of benzene rings is 6. The highest BCUT2D eigenvalue weighted by Crippen LogP contribution is 2.47. The minimum atomic E-state index is -4.52. The van der Waals surface area contributed by atoms with E-state index < -0.39 is 61.1 Å². The van der Waals surface area contributed by atoms with E-state index in [9.17, 15) is 23.8 Å². The minimum absolute atomic E-state index is 0.0223. The van der Waals surface area contributed by atoms with E-state index in [-0.39, 0.29) is 18.8 Å². The van der Waals surface area contributed by atoms with Gasteiger partial charge in [0.1, 0.15) is 47.2 Å². The van der Waals surface area contributed by atoms with E-state index in [1.165, 1.54) is 28.8 Å². The summed E-state index contributed by atoms with van der Waals surface area (Å²) in [7, 11) is -2.98. The average Bonchev–Trinajstić information content (AvgIpc) is 3.42. The lowest BCUT2D eigenvalue weighted by Crippen LogP contribution is -2.57. The molecule has 0 saturated carbocycles. The first-order chi connectivity index (χ1) is 32.6. The summed E-state index contributed by atoms with van der Waals surface area (Å²) in [5, 5.41) is 7.77. The number of methoxy groups -OCH3 is 1. The molecule has 4 atom stereocenters. The van der Waals surface area contributed by atoms with E-state index in [0.717, 1.165) is 0 Å². The van der Waals surface area contributed by atoms with Crippen molar-refractivity contribution in [2.45, 2.75) is 61.6 Å². The minimum Gasteiger partial charge on any atom is -0.497 e. The van der Waals surface area contributed by atoms with Crippen LogP contribution in [0.1, 0.15) is 42.7 Å². The molecular formula is C51H51N4O11PS. The Bertz CT molecular complexity index is 2740. The van der Waals surface area contributed by atoms with E-state index >= 15 is 4.79 Å². The number of para-hydroxylation sites is 2. The van der Waals surface area contributed by atoms with Gasteiger partial charge in [-0.15, -0.1) is 11.8 Å². The van der Waals surface area contributed by atoms with Gasteiger partial charge in [-0.3, -0.25) is 23.8 Å². The van der Waals surface area contributed by atoms with Crippen molar-refractivity contribution in [3.05, 3.63) is 174 Å². The third-order valence-electron chi connectivity index (χ3n) is 10.2. The third-order valence-corrected chi connectivity index (χ3v) is 12.5. The zero-order valence-electron chi connectivity index (χ0n) is 37.7. The summed E-state index contributed by atoms with van der Waals surface area (Å²) in [6, 6.07) is 42.6. The van der Waals surface area contributed by atoms with Crippen molar-refractivity contribution < 1.29 is 51.9 Å². The largest absolute Gasteiger partial charge is 0.527 e. The van der Waals surface area contributed by atoms with Gasteiger partial charge >= 0.3 is 13.9 Å². The Balaban J connectivity index is 1.15. The Labute approximate surface area is 398 Å². The van der Waals surface area contributed by atoms with Gasteiger partial charge in [-0.25, -0.2) is 9.36 Å². The maximum atomic E-state index is 15.2. The molecule has 4 N–H and O–H groups in total. The molecule has 0 bridgehead atoms. The molecule has 4 amide bonds. The zero-order valence-corrected chi connectivity index (χ0v) is 39.4. The van der Waals surface area contributed by atoms with E-state index in [2.05, 4.69) is 16.0 Å². The van der Waals surface area contributed by atoms with Gasteiger partial charge in [-0.1, -0.05) is 91.0 Å². The fourth-order valence-electron chi connectivity index (χ4n) is 7.09. The second-order valence-corrected chi connectivity index (χ2v) is 19.1. The molecule has 1 aliphatic heterocycles. The Kier molecular flexibility index (Phi) is 15.9. The first kappa shape index (κ1) is 48.8. The maximum absolute atomic E-state index is 15.2. The summed E-state index contributed by atoms with van der Waals surface area (Å²) in [6.07, 6.45) is -0.987. The number of thioether (sulfide) groups is 1. The van der Waals surface area contributed by atoms with Crippen LogP contribution in [0.15, 0.2) is 163 Å². The summed E-state index contributed by atoms with van der Waals surface area (Å²) in [5.74, 6) is -0.121. The predicted molar refractivity (Wildman–Crippen MR) is 259 cm³/mol. The lowest BCUT2D eigenvalue weighted by atomic mass is 10.0. The molecule has 0 aromatic heterocycles. The van der Waals surface area contributed by atoms with E-state index in [1.807, 2.05) is 48.5 Å². The van der Waals surface area contributed by atoms with E-state index in [4.69, 9.17) is 23.3 Å². The number of nitrogens with zero attached hydrogens (tertiary/aromatic N) is 1. The van der Waals surface area contributed by atoms with Crippen LogP contribution in [-0.4, -0.2) is 60.0 Å². The topological polar surface area (TPSA) is 191 Å². The number of carbonyl (C=O) groups excluding carboxylic acids is 4. The predicted octanol–water partition coefficient (Wildman–Crippen LogP) is 9.62. The molecule has 0 saturated heterocycles. The lowest BCUT2D eigenvalue weighted by molar-refractivity contribution is -0.129. The number of hydrogen-bond acceptors (Lipinski definition) is 11. The van der Waals surface area contributed by atoms with Crippen LogP contribution in [0.25, 0.3) is 0 Å². The van der Waals surface area contributed by atoms with Gasteiger partial charge in [0.25, 0.3) is 5.91 Å². The van der Waals surface area contributed by atoms with Crippen LogP contribution >= 0.6 is 19.6 Å². The highest BCUT2D eigenvalue weighted by atomic mass is 32.2. The molecule has 15 nitrogen and oxygen atoms in total. The van der Waals surface area contributed by atoms with Gasteiger partial charge in [0.15, 0.2) is 0 Å². The highest BCUT2D eigenvalue weighted by Gasteiger charge is 2.41. The number of carbonyl (C=O) groups is 4. The van der Waals surface area contributed by atoms with Gasteiger partial charge in [-0.05, 0) is 98.1 Å². The van der Waals surface area contributed by atoms with Gasteiger partial charge in [0.05, 0.1) is 24.7 Å². The van der Waals surface area contributed by atoms with Crippen LogP contribution < -0.4 is 34.8 Å². The van der Waals surface area contributed by atoms with Crippen LogP contribution in [-0.2, 0) is 41.2 Å². The molecule has 0 fully saturated rings. The molecule has 17 heteroatoms. The molecule has 0 spiro atoms. The molecule has 1 aliphatic rings. The van der Waals surface area contributed by atoms with Crippen molar-refractivity contribution in [1.29, 1.82) is 0 Å². The van der Waals surface area contributed by atoms with Crippen molar-refractivity contribution >= 4 is 54.8 Å². The van der Waals surface area contributed by atoms with E-state index in [1.54, 1.807) is 125 Å². The Morgan fingerprint density at radius 3 is 2.10 bits per heavy atom. The van der Waals surface area contributed by atoms with Crippen LogP contribution in [0, 0.1) is 0 Å². The number of phosphoric ester groups is 1. The van der Waals surface area contributed by atoms with Crippen molar-refractivity contribution in [2.75, 3.05) is 23.9 Å². The van der Waals surface area contributed by atoms with E-state index in [0.29, 0.717) is 50.2 Å². The number of nitrogens with one attached hydrogen (secondary N) is 3. The van der Waals surface area contributed by atoms with Crippen molar-refractivity contribution in [3.63, 3.8) is 0 Å². The summed E-state index contributed by atoms with van der Waals surface area (Å²) in [5.41, 5.74) is 1.85. The molecular weight excluding hydrogens is 908 g/mol. The fourth-order valence-corrected chi connectivity index (χ4v) is 9.18. The normalized spacial score (nSPS) is 15.9. The molecule has 6 aromatic carbocycles. The number of fused-ring (bicyclic) bond motifs is 1. The van der Waals surface area contributed by atoms with Crippen LogP contribution in [0.5, 0.6) is 23.0 Å². The Hall–Kier alpha value is -7.10. The van der Waals surface area contributed by atoms with Gasteiger partial charge < -0.3 is 39.6 Å². The molecule has 0 aliphatic carbocycles. The summed E-state index contributed by atoms with van der Waals surface area (Å²) >= 11 is 1.34. The number of phosphoric acid groups is 1. The molecule has 6 aromatic rings. The molecule has 3 unspecified atom stereocenters. The number of amides is 4. The monoisotopic (exact) mass is 958 g/mol. The maximum Gasteiger partial charge on any atom is 0.527 e. The number of ether oxygens (including phenoxy) is 3. The smallest absolute Gasteiger partial charge is 0.497 e. The first-order valence-electron chi connectivity index (χ1n) is 21.5. The second-order valence-electron chi connectivity index (χ2n) is 16.5. The molecule has 1 heterocycles. The molecule has 352 valence electrons. The number of hydrogen-bond donors (Lipinski definition) is 4. The average molecular weight is 959 g/mol. The Morgan fingerprint density at radius 1 is 0.765 bits per heavy atom. The second kappa shape index (κ2) is 22.1. The number of rotatable bonds is 17. The summed E-state index contributed by atoms with van der Waals surface area (Å²) < 4.78 is 40.2. The van der Waals surface area contributed by atoms with Gasteiger partial charge in [0.2, 0.25) is 11.8 Å². The standard InChI is InChI=1S/C51H51N4O11PS/c1-51(2,3)65-50(59)53-42(30-34-22-26-40(27-23-34)66-67(60,61)63-33-35-14-7-5-8-15-35)48(57)54-46-47(36-24-28-38(62-4)29-25-36)68-44-21-12-11-20-43(44)55(49(46)58)32-45(56)52-37-16-13-19-41(31-37)64-39-17-9-6-10-18-39/h5-29,31,42,46-47H,30,32-33H2,1-4H3,(H,52,56)(H,53,59)(H,54,57)(H,60,61)/t42-,46?,47?/m0/s1. The first-order valence-corrected chi connectivity index (χ1v) is 23.9. The Morgan fingerprint density at radius 2 is 1.41 bits per heavy atom. The third kappa shape index (κ3) is 13.7. The molecule has 68 heavy (non-hydrogen) atoms. The molecule has 0 radical (unpaired) electrons. The van der Waals surface area contributed by atoms with Crippen LogP contribution in [0.2, 0.25) is 0 Å². The quantitative estimate of drug-likeness (QED) is 0.0634. The van der Waals surface area contributed by atoms with Crippen molar-refractivity contribution in [3.8, 4) is 23.0 Å². The van der Waals surface area contributed by atoms with Crippen LogP contribution in [0.3, 0.4) is 0 Å². The number of alkyl carbamates (subject to hydrolysis) is 1. The van der Waals surface area contributed by atoms with Gasteiger partial charge in [0, 0.05) is 23.1 Å². The van der Waals surface area contributed by atoms with Crippen LogP contribution in [0.4, 0.5) is 16.2 Å².